The average Bonchev–Trinajstić information content (AvgIpc) is 2.78. The Kier molecular flexibility index (Phi) is 4.07. The first-order chi connectivity index (χ1) is 7.33. The summed E-state index contributed by atoms with van der Waals surface area (Å²) < 4.78 is 0. The molecule has 2 fully saturated rings. The molecule has 1 heteroatoms. The van der Waals surface area contributed by atoms with E-state index < -0.39 is 0 Å². The van der Waals surface area contributed by atoms with Crippen LogP contribution < -0.4 is 0 Å². The van der Waals surface area contributed by atoms with E-state index in [1.165, 1.54) is 58.2 Å². The van der Waals surface area contributed by atoms with E-state index >= 15 is 0 Å². The Morgan fingerprint density at radius 3 is 2.20 bits per heavy atom. The van der Waals surface area contributed by atoms with Crippen LogP contribution in [0.1, 0.15) is 52.4 Å². The first kappa shape index (κ1) is 11.4. The second-order valence-electron chi connectivity index (χ2n) is 5.63. The third kappa shape index (κ3) is 2.75. The Morgan fingerprint density at radius 1 is 0.933 bits per heavy atom. The molecule has 0 amide bonds. The molecule has 1 nitrogen and oxygen atoms in total. The predicted molar refractivity (Wildman–Crippen MR) is 66.0 cm³/mol. The molecule has 0 bridgehead atoms. The Morgan fingerprint density at radius 2 is 1.67 bits per heavy atom. The minimum absolute atomic E-state index is 1.04. The summed E-state index contributed by atoms with van der Waals surface area (Å²) in [5, 5.41) is 0. The van der Waals surface area contributed by atoms with Gasteiger partial charge in [0.05, 0.1) is 0 Å². The third-order valence-electron chi connectivity index (χ3n) is 4.89. The van der Waals surface area contributed by atoms with Gasteiger partial charge in [-0.15, -0.1) is 0 Å². The standard InChI is InChI=1S/C14H27N/c1-3-12-5-7-13(8-6-12)14-9-10-15(4-2)11-14/h12-14H,3-11H2,1-2H3. The number of nitrogens with zero attached hydrogens (tertiary/aromatic N) is 1. The minimum atomic E-state index is 1.04. The van der Waals surface area contributed by atoms with Crippen LogP contribution in [0.15, 0.2) is 0 Å². The van der Waals surface area contributed by atoms with E-state index in [1.807, 2.05) is 0 Å². The topological polar surface area (TPSA) is 3.24 Å². The van der Waals surface area contributed by atoms with Gasteiger partial charge >= 0.3 is 0 Å². The molecule has 0 N–H and O–H groups in total. The number of hydrogen-bond acceptors (Lipinski definition) is 1. The fourth-order valence-corrected chi connectivity index (χ4v) is 3.60. The van der Waals surface area contributed by atoms with Crippen molar-refractivity contribution in [2.45, 2.75) is 52.4 Å². The average molecular weight is 209 g/mol. The normalized spacial score (nSPS) is 38.4. The maximum atomic E-state index is 2.64. The highest BCUT2D eigenvalue weighted by Gasteiger charge is 2.31. The zero-order valence-electron chi connectivity index (χ0n) is 10.5. The van der Waals surface area contributed by atoms with E-state index in [4.69, 9.17) is 0 Å². The second kappa shape index (κ2) is 5.34. The van der Waals surface area contributed by atoms with Gasteiger partial charge in [-0.05, 0) is 50.1 Å². The van der Waals surface area contributed by atoms with E-state index in [0.29, 0.717) is 0 Å². The maximum absolute atomic E-state index is 2.64. The summed E-state index contributed by atoms with van der Waals surface area (Å²) in [6, 6.07) is 0. The molecule has 15 heavy (non-hydrogen) atoms. The van der Waals surface area contributed by atoms with Gasteiger partial charge in [0.1, 0.15) is 0 Å². The van der Waals surface area contributed by atoms with Gasteiger partial charge < -0.3 is 4.90 Å². The summed E-state index contributed by atoms with van der Waals surface area (Å²) >= 11 is 0. The van der Waals surface area contributed by atoms with Crippen LogP contribution in [0.2, 0.25) is 0 Å². The summed E-state index contributed by atoms with van der Waals surface area (Å²) in [6.45, 7) is 8.70. The molecule has 1 aliphatic heterocycles. The van der Waals surface area contributed by atoms with Gasteiger partial charge in [-0.2, -0.15) is 0 Å². The van der Waals surface area contributed by atoms with Crippen molar-refractivity contribution in [2.75, 3.05) is 19.6 Å². The van der Waals surface area contributed by atoms with Crippen LogP contribution in [-0.2, 0) is 0 Å². The fraction of sp³-hybridized carbons (Fsp3) is 1.00. The smallest absolute Gasteiger partial charge is 0.00127 e. The molecule has 0 spiro atoms. The van der Waals surface area contributed by atoms with Gasteiger partial charge in [0.25, 0.3) is 0 Å². The molecule has 0 radical (unpaired) electrons. The lowest BCUT2D eigenvalue weighted by Gasteiger charge is -2.31. The Hall–Kier alpha value is -0.0400. The first-order valence-corrected chi connectivity index (χ1v) is 7.05. The number of rotatable bonds is 3. The van der Waals surface area contributed by atoms with Gasteiger partial charge in [0, 0.05) is 6.54 Å². The van der Waals surface area contributed by atoms with Crippen LogP contribution in [0.5, 0.6) is 0 Å². The first-order valence-electron chi connectivity index (χ1n) is 7.05. The molecule has 1 unspecified atom stereocenters. The van der Waals surface area contributed by atoms with Crippen LogP contribution in [0.4, 0.5) is 0 Å². The molecular weight excluding hydrogens is 182 g/mol. The van der Waals surface area contributed by atoms with Gasteiger partial charge in [-0.25, -0.2) is 0 Å². The number of hydrogen-bond donors (Lipinski definition) is 0. The van der Waals surface area contributed by atoms with E-state index in [2.05, 4.69) is 18.7 Å². The highest BCUT2D eigenvalue weighted by molar-refractivity contribution is 4.83. The van der Waals surface area contributed by atoms with Crippen molar-refractivity contribution in [3.05, 3.63) is 0 Å². The molecule has 0 aromatic carbocycles. The molecule has 1 saturated heterocycles. The van der Waals surface area contributed by atoms with E-state index in [1.54, 1.807) is 0 Å². The molecule has 1 aliphatic carbocycles. The molecule has 1 saturated carbocycles. The monoisotopic (exact) mass is 209 g/mol. The van der Waals surface area contributed by atoms with Crippen molar-refractivity contribution in [1.82, 2.24) is 4.90 Å². The van der Waals surface area contributed by atoms with E-state index in [0.717, 1.165) is 17.8 Å². The second-order valence-corrected chi connectivity index (χ2v) is 5.63. The maximum Gasteiger partial charge on any atom is 0.00127 e. The lowest BCUT2D eigenvalue weighted by atomic mass is 9.75. The van der Waals surface area contributed by atoms with Crippen LogP contribution >= 0.6 is 0 Å². The summed E-state index contributed by atoms with van der Waals surface area (Å²) in [4.78, 5) is 2.64. The molecule has 1 heterocycles. The quantitative estimate of drug-likeness (QED) is 0.687. The van der Waals surface area contributed by atoms with E-state index in [9.17, 15) is 0 Å². The van der Waals surface area contributed by atoms with Crippen molar-refractivity contribution in [2.24, 2.45) is 17.8 Å². The molecular formula is C14H27N. The largest absolute Gasteiger partial charge is 0.303 e. The highest BCUT2D eigenvalue weighted by atomic mass is 15.1. The van der Waals surface area contributed by atoms with E-state index in [-0.39, 0.29) is 0 Å². The summed E-state index contributed by atoms with van der Waals surface area (Å²) in [6.07, 6.45) is 8.99. The molecule has 0 aromatic rings. The Balaban J connectivity index is 1.76. The minimum Gasteiger partial charge on any atom is -0.303 e. The van der Waals surface area contributed by atoms with Gasteiger partial charge in [-0.1, -0.05) is 33.1 Å². The predicted octanol–water partition coefficient (Wildman–Crippen LogP) is 3.54. The van der Waals surface area contributed by atoms with Crippen LogP contribution in [0.25, 0.3) is 0 Å². The summed E-state index contributed by atoms with van der Waals surface area (Å²) in [5.41, 5.74) is 0. The lowest BCUT2D eigenvalue weighted by Crippen LogP contribution is -2.25. The molecule has 0 aromatic heterocycles. The lowest BCUT2D eigenvalue weighted by molar-refractivity contribution is 0.199. The van der Waals surface area contributed by atoms with Crippen molar-refractivity contribution in [3.63, 3.8) is 0 Å². The van der Waals surface area contributed by atoms with Crippen molar-refractivity contribution in [1.29, 1.82) is 0 Å². The van der Waals surface area contributed by atoms with Crippen LogP contribution in [-0.4, -0.2) is 24.5 Å². The van der Waals surface area contributed by atoms with Crippen molar-refractivity contribution in [3.8, 4) is 0 Å². The van der Waals surface area contributed by atoms with Crippen LogP contribution in [0, 0.1) is 17.8 Å². The molecule has 1 atom stereocenters. The van der Waals surface area contributed by atoms with Gasteiger partial charge in [0.2, 0.25) is 0 Å². The number of likely N-dealkylation sites (tertiary alicyclic amines) is 1. The Bertz CT molecular complexity index is 182. The molecule has 2 aliphatic rings. The summed E-state index contributed by atoms with van der Waals surface area (Å²) in [7, 11) is 0. The zero-order chi connectivity index (χ0) is 10.7. The Labute approximate surface area is 95.2 Å². The third-order valence-corrected chi connectivity index (χ3v) is 4.89. The van der Waals surface area contributed by atoms with Gasteiger partial charge in [-0.3, -0.25) is 0 Å². The SMILES string of the molecule is CCC1CCC(C2CCN(CC)C2)CC1. The fourth-order valence-electron chi connectivity index (χ4n) is 3.60. The highest BCUT2D eigenvalue weighted by Crippen LogP contribution is 2.38. The summed E-state index contributed by atoms with van der Waals surface area (Å²) in [5.74, 6) is 3.18. The van der Waals surface area contributed by atoms with Crippen molar-refractivity contribution < 1.29 is 0 Å². The molecule has 2 rings (SSSR count). The van der Waals surface area contributed by atoms with Crippen LogP contribution in [0.3, 0.4) is 0 Å². The zero-order valence-corrected chi connectivity index (χ0v) is 10.5. The molecule has 88 valence electrons. The van der Waals surface area contributed by atoms with Gasteiger partial charge in [0.15, 0.2) is 0 Å². The van der Waals surface area contributed by atoms with Crippen molar-refractivity contribution >= 4 is 0 Å².